The summed E-state index contributed by atoms with van der Waals surface area (Å²) in [7, 11) is 0. The molecule has 2 unspecified atom stereocenters. The summed E-state index contributed by atoms with van der Waals surface area (Å²) in [5, 5.41) is 0. The van der Waals surface area contributed by atoms with E-state index in [1.807, 2.05) is 0 Å². The lowest BCUT2D eigenvalue weighted by Crippen LogP contribution is -2.02. The van der Waals surface area contributed by atoms with Crippen molar-refractivity contribution in [2.45, 2.75) is 59.3 Å². The van der Waals surface area contributed by atoms with Crippen molar-refractivity contribution in [1.29, 1.82) is 0 Å². The second-order valence-electron chi connectivity index (χ2n) is 4.23. The maximum Gasteiger partial charge on any atom is -0.0440 e. The lowest BCUT2D eigenvalue weighted by atomic mass is 9.91. The number of hydrogen-bond donors (Lipinski definition) is 0. The molecule has 73 valence electrons. The zero-order chi connectivity index (χ0) is 9.40. The average molecular weight is 169 g/mol. The van der Waals surface area contributed by atoms with Crippen LogP contribution in [0.4, 0.5) is 0 Å². The Kier molecular flexibility index (Phi) is 7.64. The second-order valence-corrected chi connectivity index (χ2v) is 4.23. The van der Waals surface area contributed by atoms with E-state index in [1.54, 1.807) is 0 Å². The normalized spacial score (nSPS) is 16.0. The second kappa shape index (κ2) is 7.64. The zero-order valence-electron chi connectivity index (χ0n) is 9.10. The Bertz CT molecular complexity index is 86.0. The highest BCUT2D eigenvalue weighted by molar-refractivity contribution is 4.60. The van der Waals surface area contributed by atoms with E-state index in [0.717, 1.165) is 18.3 Å². The highest BCUT2D eigenvalue weighted by atomic mass is 14.1. The van der Waals surface area contributed by atoms with Crippen LogP contribution >= 0.6 is 0 Å². The number of rotatable bonds is 7. The minimum Gasteiger partial charge on any atom is -0.0654 e. The molecule has 0 aliphatic rings. The highest BCUT2D eigenvalue weighted by Crippen LogP contribution is 2.20. The topological polar surface area (TPSA) is 0 Å². The van der Waals surface area contributed by atoms with E-state index in [1.165, 1.54) is 32.1 Å². The molecule has 2 atom stereocenters. The van der Waals surface area contributed by atoms with E-state index in [4.69, 9.17) is 0 Å². The maximum atomic E-state index is 3.90. The standard InChI is InChI=1S/C12H25/c1-5-7-9-12(4)10-11(3)8-6-2/h11-12H,2,5-10H2,1,3-4H3. The summed E-state index contributed by atoms with van der Waals surface area (Å²) in [6.45, 7) is 10.9. The summed E-state index contributed by atoms with van der Waals surface area (Å²) < 4.78 is 0. The van der Waals surface area contributed by atoms with Gasteiger partial charge >= 0.3 is 0 Å². The van der Waals surface area contributed by atoms with Gasteiger partial charge in [0.05, 0.1) is 0 Å². The molecule has 0 aromatic rings. The van der Waals surface area contributed by atoms with Crippen molar-refractivity contribution in [2.75, 3.05) is 0 Å². The van der Waals surface area contributed by atoms with E-state index in [-0.39, 0.29) is 0 Å². The molecule has 0 heteroatoms. The SMILES string of the molecule is [CH2]CCC(C)CC(C)CCCC. The Morgan fingerprint density at radius 3 is 2.17 bits per heavy atom. The molecule has 12 heavy (non-hydrogen) atoms. The van der Waals surface area contributed by atoms with Crippen molar-refractivity contribution in [2.24, 2.45) is 11.8 Å². The molecular formula is C12H25. The van der Waals surface area contributed by atoms with Crippen molar-refractivity contribution in [3.8, 4) is 0 Å². The van der Waals surface area contributed by atoms with Gasteiger partial charge in [0, 0.05) is 0 Å². The van der Waals surface area contributed by atoms with E-state index in [0.29, 0.717) is 0 Å². The summed E-state index contributed by atoms with van der Waals surface area (Å²) >= 11 is 0. The van der Waals surface area contributed by atoms with Crippen LogP contribution in [0.3, 0.4) is 0 Å². The fourth-order valence-electron chi connectivity index (χ4n) is 1.82. The van der Waals surface area contributed by atoms with Gasteiger partial charge in [-0.05, 0) is 18.3 Å². The van der Waals surface area contributed by atoms with Crippen molar-refractivity contribution >= 4 is 0 Å². The Balaban J connectivity index is 3.33. The van der Waals surface area contributed by atoms with Gasteiger partial charge in [-0.2, -0.15) is 0 Å². The lowest BCUT2D eigenvalue weighted by molar-refractivity contribution is 0.371. The number of hydrogen-bond acceptors (Lipinski definition) is 0. The van der Waals surface area contributed by atoms with Crippen molar-refractivity contribution < 1.29 is 0 Å². The summed E-state index contributed by atoms with van der Waals surface area (Å²) in [6, 6.07) is 0. The van der Waals surface area contributed by atoms with Crippen LogP contribution in [0.2, 0.25) is 0 Å². The molecule has 0 aromatic heterocycles. The van der Waals surface area contributed by atoms with Crippen LogP contribution in [-0.4, -0.2) is 0 Å². The molecule has 0 heterocycles. The Morgan fingerprint density at radius 1 is 1.08 bits per heavy atom. The van der Waals surface area contributed by atoms with Gasteiger partial charge in [-0.25, -0.2) is 0 Å². The third kappa shape index (κ3) is 6.69. The van der Waals surface area contributed by atoms with E-state index in [2.05, 4.69) is 27.7 Å². The average Bonchev–Trinajstić information content (AvgIpc) is 2.01. The molecule has 0 aliphatic carbocycles. The molecular weight excluding hydrogens is 144 g/mol. The van der Waals surface area contributed by atoms with E-state index >= 15 is 0 Å². The quantitative estimate of drug-likeness (QED) is 0.528. The highest BCUT2D eigenvalue weighted by Gasteiger charge is 2.06. The van der Waals surface area contributed by atoms with Crippen LogP contribution < -0.4 is 0 Å². The van der Waals surface area contributed by atoms with Gasteiger partial charge in [0.1, 0.15) is 0 Å². The first-order valence-corrected chi connectivity index (χ1v) is 5.49. The van der Waals surface area contributed by atoms with Crippen LogP contribution in [-0.2, 0) is 0 Å². The zero-order valence-corrected chi connectivity index (χ0v) is 9.10. The van der Waals surface area contributed by atoms with Crippen molar-refractivity contribution in [1.82, 2.24) is 0 Å². The third-order valence-corrected chi connectivity index (χ3v) is 2.55. The van der Waals surface area contributed by atoms with Crippen LogP contribution in [0.5, 0.6) is 0 Å². The van der Waals surface area contributed by atoms with E-state index in [9.17, 15) is 0 Å². The van der Waals surface area contributed by atoms with Gasteiger partial charge < -0.3 is 0 Å². The minimum atomic E-state index is 0.884. The molecule has 0 fully saturated rings. The Hall–Kier alpha value is 0. The summed E-state index contributed by atoms with van der Waals surface area (Å²) in [4.78, 5) is 0. The molecule has 0 spiro atoms. The predicted molar refractivity (Wildman–Crippen MR) is 57.1 cm³/mol. The van der Waals surface area contributed by atoms with Gasteiger partial charge in [0.25, 0.3) is 0 Å². The van der Waals surface area contributed by atoms with Crippen molar-refractivity contribution in [3.63, 3.8) is 0 Å². The van der Waals surface area contributed by atoms with Crippen LogP contribution in [0, 0.1) is 18.8 Å². The van der Waals surface area contributed by atoms with Crippen molar-refractivity contribution in [3.05, 3.63) is 6.92 Å². The molecule has 0 aromatic carbocycles. The van der Waals surface area contributed by atoms with Gasteiger partial charge in [-0.1, -0.05) is 59.8 Å². The smallest absolute Gasteiger partial charge is 0.0440 e. The van der Waals surface area contributed by atoms with Gasteiger partial charge in [-0.15, -0.1) is 0 Å². The summed E-state index contributed by atoms with van der Waals surface area (Å²) in [6.07, 6.45) is 7.96. The van der Waals surface area contributed by atoms with E-state index < -0.39 is 0 Å². The van der Waals surface area contributed by atoms with Gasteiger partial charge in [0.15, 0.2) is 0 Å². The number of unbranched alkanes of at least 4 members (excludes halogenated alkanes) is 1. The van der Waals surface area contributed by atoms with Crippen LogP contribution in [0.15, 0.2) is 0 Å². The fraction of sp³-hybridized carbons (Fsp3) is 0.917. The van der Waals surface area contributed by atoms with Crippen LogP contribution in [0.1, 0.15) is 59.3 Å². The summed E-state index contributed by atoms with van der Waals surface area (Å²) in [5.74, 6) is 1.81. The molecule has 0 nitrogen and oxygen atoms in total. The van der Waals surface area contributed by atoms with Gasteiger partial charge in [0.2, 0.25) is 0 Å². The molecule has 0 aliphatic heterocycles. The Morgan fingerprint density at radius 2 is 1.67 bits per heavy atom. The van der Waals surface area contributed by atoms with Gasteiger partial charge in [-0.3, -0.25) is 0 Å². The molecule has 0 N–H and O–H groups in total. The largest absolute Gasteiger partial charge is 0.0654 e. The third-order valence-electron chi connectivity index (χ3n) is 2.55. The lowest BCUT2D eigenvalue weighted by Gasteiger charge is -2.15. The Labute approximate surface area is 78.8 Å². The monoisotopic (exact) mass is 169 g/mol. The predicted octanol–water partition coefficient (Wildman–Crippen LogP) is 4.45. The molecule has 0 saturated heterocycles. The molecule has 0 saturated carbocycles. The molecule has 1 radical (unpaired) electrons. The molecule has 0 amide bonds. The minimum absolute atomic E-state index is 0.884. The first-order valence-electron chi connectivity index (χ1n) is 5.49. The first-order chi connectivity index (χ1) is 5.70. The fourth-order valence-corrected chi connectivity index (χ4v) is 1.82. The molecule has 0 rings (SSSR count). The van der Waals surface area contributed by atoms with Crippen LogP contribution in [0.25, 0.3) is 0 Å². The first kappa shape index (κ1) is 12.0. The molecule has 0 bridgehead atoms. The maximum absolute atomic E-state index is 3.90. The summed E-state index contributed by atoms with van der Waals surface area (Å²) in [5.41, 5.74) is 0.